The zero-order valence-electron chi connectivity index (χ0n) is 18.9. The minimum atomic E-state index is -0.278. The first-order chi connectivity index (χ1) is 16.0. The predicted octanol–water partition coefficient (Wildman–Crippen LogP) is 3.51. The fourth-order valence-corrected chi connectivity index (χ4v) is 3.65. The number of nitrogens with one attached hydrogen (secondary N) is 2. The molecule has 2 aromatic carbocycles. The first-order valence-corrected chi connectivity index (χ1v) is 10.4. The average Bonchev–Trinajstić information content (AvgIpc) is 2.82. The van der Waals surface area contributed by atoms with Crippen molar-refractivity contribution in [2.75, 3.05) is 32.7 Å². The third-order valence-corrected chi connectivity index (χ3v) is 5.13. The molecule has 0 saturated heterocycles. The van der Waals surface area contributed by atoms with Gasteiger partial charge >= 0.3 is 0 Å². The van der Waals surface area contributed by atoms with Gasteiger partial charge in [-0.3, -0.25) is 4.79 Å². The minimum Gasteiger partial charge on any atom is -0.497 e. The van der Waals surface area contributed by atoms with Crippen molar-refractivity contribution in [3.05, 3.63) is 64.2 Å². The number of fused-ring (bicyclic) bond motifs is 1. The summed E-state index contributed by atoms with van der Waals surface area (Å²) in [6, 6.07) is 9.03. The molecule has 0 aliphatic heterocycles. The Hall–Kier alpha value is -4.14. The molecule has 0 unspecified atom stereocenters. The Morgan fingerprint density at radius 1 is 1.00 bits per heavy atom. The van der Waals surface area contributed by atoms with Crippen LogP contribution in [0.3, 0.4) is 0 Å². The van der Waals surface area contributed by atoms with Gasteiger partial charge in [-0.15, -0.1) is 0 Å². The topological polar surface area (TPSA) is 111 Å². The van der Waals surface area contributed by atoms with Gasteiger partial charge in [-0.05, 0) is 43.2 Å². The van der Waals surface area contributed by atoms with E-state index < -0.39 is 0 Å². The molecular weight excluding hydrogens is 422 g/mol. The summed E-state index contributed by atoms with van der Waals surface area (Å²) in [5.41, 5.74) is 2.88. The van der Waals surface area contributed by atoms with E-state index in [1.165, 1.54) is 7.11 Å². The number of hydrogen-bond donors (Lipinski definition) is 2. The molecule has 0 aliphatic carbocycles. The summed E-state index contributed by atoms with van der Waals surface area (Å²) in [4.78, 5) is 28.6. The molecule has 33 heavy (non-hydrogen) atoms. The summed E-state index contributed by atoms with van der Waals surface area (Å²) in [6.45, 7) is 4.94. The fraction of sp³-hybridized carbons (Fsp3) is 0.250. The lowest BCUT2D eigenvalue weighted by atomic mass is 10.0. The first-order valence-electron chi connectivity index (χ1n) is 10.4. The maximum absolute atomic E-state index is 12.8. The molecule has 2 heterocycles. The van der Waals surface area contributed by atoms with Crippen molar-refractivity contribution in [1.82, 2.24) is 19.9 Å². The van der Waals surface area contributed by atoms with Crippen LogP contribution in [0.5, 0.6) is 17.2 Å². The van der Waals surface area contributed by atoms with E-state index in [1.807, 2.05) is 26.0 Å². The number of benzene rings is 2. The van der Waals surface area contributed by atoms with E-state index in [0.717, 1.165) is 22.4 Å². The van der Waals surface area contributed by atoms with Crippen LogP contribution in [0.2, 0.25) is 0 Å². The standard InChI is InChI=1S/C24H25N5O4/c1-14-10-16(11-15(2)21(14)33-9-8-27-24-25-6-5-7-26-24)22-28-18-12-17(31-3)13-19(32-4)20(18)23(30)29-22/h5-7,10-13H,8-9H2,1-4H3,(H,25,26,27)(H,28,29,30). The molecule has 2 N–H and O–H groups in total. The number of hydrogen-bond acceptors (Lipinski definition) is 8. The molecule has 0 radical (unpaired) electrons. The van der Waals surface area contributed by atoms with Gasteiger partial charge in [-0.25, -0.2) is 15.0 Å². The molecule has 4 aromatic rings. The van der Waals surface area contributed by atoms with Crippen molar-refractivity contribution in [3.63, 3.8) is 0 Å². The number of ether oxygens (including phenoxy) is 3. The molecule has 0 saturated carbocycles. The highest BCUT2D eigenvalue weighted by atomic mass is 16.5. The second-order valence-corrected chi connectivity index (χ2v) is 7.43. The zero-order chi connectivity index (χ0) is 23.4. The maximum atomic E-state index is 12.8. The van der Waals surface area contributed by atoms with Crippen LogP contribution in [0.15, 0.2) is 47.5 Å². The number of aromatic nitrogens is 4. The Morgan fingerprint density at radius 2 is 1.73 bits per heavy atom. The Morgan fingerprint density at radius 3 is 2.39 bits per heavy atom. The molecule has 170 valence electrons. The van der Waals surface area contributed by atoms with Crippen molar-refractivity contribution >= 4 is 16.9 Å². The maximum Gasteiger partial charge on any atom is 0.262 e. The van der Waals surface area contributed by atoms with Crippen molar-refractivity contribution in [2.45, 2.75) is 13.8 Å². The average molecular weight is 447 g/mol. The lowest BCUT2D eigenvalue weighted by molar-refractivity contribution is 0.328. The predicted molar refractivity (Wildman–Crippen MR) is 126 cm³/mol. The zero-order valence-corrected chi connectivity index (χ0v) is 18.9. The van der Waals surface area contributed by atoms with Crippen molar-refractivity contribution < 1.29 is 14.2 Å². The lowest BCUT2D eigenvalue weighted by Gasteiger charge is -2.15. The lowest BCUT2D eigenvalue weighted by Crippen LogP contribution is -2.14. The van der Waals surface area contributed by atoms with Crippen LogP contribution in [-0.2, 0) is 0 Å². The van der Waals surface area contributed by atoms with Crippen LogP contribution < -0.4 is 25.1 Å². The van der Waals surface area contributed by atoms with Crippen LogP contribution >= 0.6 is 0 Å². The van der Waals surface area contributed by atoms with Crippen molar-refractivity contribution in [3.8, 4) is 28.6 Å². The highest BCUT2D eigenvalue weighted by Gasteiger charge is 2.15. The minimum absolute atomic E-state index is 0.278. The van der Waals surface area contributed by atoms with Gasteiger partial charge in [0.1, 0.15) is 35.1 Å². The van der Waals surface area contributed by atoms with Gasteiger partial charge in [0.2, 0.25) is 5.95 Å². The summed E-state index contributed by atoms with van der Waals surface area (Å²) >= 11 is 0. The van der Waals surface area contributed by atoms with Gasteiger partial charge in [-0.1, -0.05) is 0 Å². The third-order valence-electron chi connectivity index (χ3n) is 5.13. The third kappa shape index (κ3) is 4.72. The molecular formula is C24H25N5O4. The first kappa shape index (κ1) is 22.1. The molecule has 0 spiro atoms. The number of rotatable bonds is 8. The molecule has 0 fully saturated rings. The second-order valence-electron chi connectivity index (χ2n) is 7.43. The SMILES string of the molecule is COc1cc(OC)c2c(=O)[nH]c(-c3cc(C)c(OCCNc4ncccn4)c(C)c3)nc2c1. The van der Waals surface area contributed by atoms with Crippen LogP contribution in [0, 0.1) is 13.8 Å². The quantitative estimate of drug-likeness (QED) is 0.395. The smallest absolute Gasteiger partial charge is 0.262 e. The van der Waals surface area contributed by atoms with Gasteiger partial charge in [0.05, 0.1) is 26.3 Å². The Labute approximate surface area is 190 Å². The number of anilines is 1. The summed E-state index contributed by atoms with van der Waals surface area (Å²) in [5, 5.41) is 3.50. The normalized spacial score (nSPS) is 10.8. The van der Waals surface area contributed by atoms with Gasteiger partial charge in [0.25, 0.3) is 5.56 Å². The van der Waals surface area contributed by atoms with Crippen molar-refractivity contribution in [1.29, 1.82) is 0 Å². The van der Waals surface area contributed by atoms with E-state index >= 15 is 0 Å². The Balaban J connectivity index is 1.59. The van der Waals surface area contributed by atoms with Gasteiger partial charge < -0.3 is 24.5 Å². The van der Waals surface area contributed by atoms with E-state index in [2.05, 4.69) is 25.3 Å². The van der Waals surface area contributed by atoms with Crippen LogP contribution in [0.1, 0.15) is 11.1 Å². The number of aryl methyl sites for hydroxylation is 2. The van der Waals surface area contributed by atoms with E-state index in [0.29, 0.717) is 47.3 Å². The molecule has 0 atom stereocenters. The Kier molecular flexibility index (Phi) is 6.39. The molecule has 9 heteroatoms. The van der Waals surface area contributed by atoms with Gasteiger partial charge in [0, 0.05) is 30.1 Å². The largest absolute Gasteiger partial charge is 0.497 e. The highest BCUT2D eigenvalue weighted by Crippen LogP contribution is 2.31. The summed E-state index contributed by atoms with van der Waals surface area (Å²) < 4.78 is 16.7. The molecule has 0 bridgehead atoms. The molecule has 4 rings (SSSR count). The molecule has 0 amide bonds. The summed E-state index contributed by atoms with van der Waals surface area (Å²) in [5.74, 6) is 2.79. The monoisotopic (exact) mass is 447 g/mol. The van der Waals surface area contributed by atoms with Gasteiger partial charge in [0.15, 0.2) is 0 Å². The number of H-pyrrole nitrogens is 1. The van der Waals surface area contributed by atoms with Crippen LogP contribution in [0.25, 0.3) is 22.3 Å². The van der Waals surface area contributed by atoms with E-state index in [-0.39, 0.29) is 5.56 Å². The Bertz CT molecular complexity index is 1320. The van der Waals surface area contributed by atoms with Crippen LogP contribution in [-0.4, -0.2) is 47.3 Å². The van der Waals surface area contributed by atoms with E-state index in [4.69, 9.17) is 14.2 Å². The van der Waals surface area contributed by atoms with Gasteiger partial charge in [-0.2, -0.15) is 0 Å². The fourth-order valence-electron chi connectivity index (χ4n) is 3.65. The second kappa shape index (κ2) is 9.56. The summed E-state index contributed by atoms with van der Waals surface area (Å²) in [6.07, 6.45) is 3.36. The molecule has 9 nitrogen and oxygen atoms in total. The summed E-state index contributed by atoms with van der Waals surface area (Å²) in [7, 11) is 3.07. The number of nitrogens with zero attached hydrogens (tertiary/aromatic N) is 3. The van der Waals surface area contributed by atoms with Crippen molar-refractivity contribution in [2.24, 2.45) is 0 Å². The van der Waals surface area contributed by atoms with E-state index in [1.54, 1.807) is 37.7 Å². The number of aromatic amines is 1. The highest BCUT2D eigenvalue weighted by molar-refractivity contribution is 5.87. The van der Waals surface area contributed by atoms with Crippen LogP contribution in [0.4, 0.5) is 5.95 Å². The molecule has 2 aromatic heterocycles. The number of methoxy groups -OCH3 is 2. The van der Waals surface area contributed by atoms with E-state index in [9.17, 15) is 4.79 Å². The molecule has 0 aliphatic rings.